The number of hydrogen-bond acceptors (Lipinski definition) is 5. The summed E-state index contributed by atoms with van der Waals surface area (Å²) in [6.45, 7) is 8.24. The summed E-state index contributed by atoms with van der Waals surface area (Å²) in [5.74, 6) is 0.659. The lowest BCUT2D eigenvalue weighted by atomic mass is 9.97. The largest absolute Gasteiger partial charge is 0.440 e. The Bertz CT molecular complexity index is 703. The second-order valence-electron chi connectivity index (χ2n) is 6.93. The van der Waals surface area contributed by atoms with Gasteiger partial charge in [0.15, 0.2) is 5.58 Å². The van der Waals surface area contributed by atoms with Gasteiger partial charge in [-0.2, -0.15) is 0 Å². The molecule has 7 heteroatoms. The van der Waals surface area contributed by atoms with Gasteiger partial charge in [0.25, 0.3) is 0 Å². The van der Waals surface area contributed by atoms with Crippen molar-refractivity contribution in [3.8, 4) is 0 Å². The van der Waals surface area contributed by atoms with Crippen molar-refractivity contribution >= 4 is 35.1 Å². The Balaban J connectivity index is 0.00000208. The van der Waals surface area contributed by atoms with E-state index in [1.165, 1.54) is 0 Å². The quantitative estimate of drug-likeness (QED) is 0.887. The highest BCUT2D eigenvalue weighted by Crippen LogP contribution is 2.27. The fourth-order valence-corrected chi connectivity index (χ4v) is 2.51. The van der Waals surface area contributed by atoms with Crippen LogP contribution in [0.2, 0.25) is 0 Å². The molecule has 24 heavy (non-hydrogen) atoms. The molecule has 1 atom stereocenters. The number of carbonyl (C=O) groups excluding carboxylic acids is 1. The molecule has 1 saturated heterocycles. The fourth-order valence-electron chi connectivity index (χ4n) is 2.51. The second-order valence-corrected chi connectivity index (χ2v) is 6.93. The number of fused-ring (bicyclic) bond motifs is 1. The summed E-state index contributed by atoms with van der Waals surface area (Å²) in [5, 5.41) is 6.19. The van der Waals surface area contributed by atoms with Crippen molar-refractivity contribution in [3.63, 3.8) is 0 Å². The van der Waals surface area contributed by atoms with Gasteiger partial charge >= 0.3 is 0 Å². The summed E-state index contributed by atoms with van der Waals surface area (Å²) in [5.41, 5.74) is 2.07. The number of rotatable bonds is 3. The molecular weight excluding hydrogens is 330 g/mol. The molecule has 1 aromatic heterocycles. The van der Waals surface area contributed by atoms with E-state index in [4.69, 9.17) is 9.15 Å². The van der Waals surface area contributed by atoms with Gasteiger partial charge in [-0.05, 0) is 18.2 Å². The van der Waals surface area contributed by atoms with Crippen LogP contribution >= 0.6 is 12.4 Å². The smallest absolute Gasteiger partial charge is 0.226 e. The summed E-state index contributed by atoms with van der Waals surface area (Å²) in [7, 11) is 0. The first-order valence-electron chi connectivity index (χ1n) is 7.94. The molecule has 0 bridgehead atoms. The van der Waals surface area contributed by atoms with Crippen LogP contribution in [0.3, 0.4) is 0 Å². The Morgan fingerprint density at radius 3 is 2.88 bits per heavy atom. The Morgan fingerprint density at radius 1 is 1.42 bits per heavy atom. The van der Waals surface area contributed by atoms with Gasteiger partial charge in [0.1, 0.15) is 5.52 Å². The number of nitrogens with one attached hydrogen (secondary N) is 2. The van der Waals surface area contributed by atoms with Crippen molar-refractivity contribution in [2.75, 3.05) is 25.1 Å². The van der Waals surface area contributed by atoms with Gasteiger partial charge in [-0.25, -0.2) is 4.98 Å². The third kappa shape index (κ3) is 4.47. The molecule has 132 valence electrons. The van der Waals surface area contributed by atoms with E-state index in [9.17, 15) is 4.79 Å². The topological polar surface area (TPSA) is 76.4 Å². The number of oxazole rings is 1. The van der Waals surface area contributed by atoms with E-state index in [1.54, 1.807) is 0 Å². The fraction of sp³-hybridized carbons (Fsp3) is 0.529. The number of ether oxygens (including phenoxy) is 1. The predicted octanol–water partition coefficient (Wildman–Crippen LogP) is 2.86. The molecule has 3 rings (SSSR count). The average Bonchev–Trinajstić information content (AvgIpc) is 2.91. The second kappa shape index (κ2) is 7.51. The first kappa shape index (κ1) is 18.7. The molecule has 0 saturated carbocycles. The van der Waals surface area contributed by atoms with Gasteiger partial charge in [-0.3, -0.25) is 4.79 Å². The Morgan fingerprint density at radius 2 is 2.21 bits per heavy atom. The van der Waals surface area contributed by atoms with Crippen LogP contribution < -0.4 is 10.6 Å². The van der Waals surface area contributed by atoms with Gasteiger partial charge in [0, 0.05) is 30.1 Å². The molecular formula is C17H24ClN3O3. The highest BCUT2D eigenvalue weighted by molar-refractivity contribution is 5.93. The highest BCUT2D eigenvalue weighted by atomic mass is 35.5. The van der Waals surface area contributed by atoms with Gasteiger partial charge in [-0.15, -0.1) is 12.4 Å². The molecule has 1 unspecified atom stereocenters. The van der Waals surface area contributed by atoms with Crippen molar-refractivity contribution < 1.29 is 13.9 Å². The maximum Gasteiger partial charge on any atom is 0.226 e. The summed E-state index contributed by atoms with van der Waals surface area (Å²) < 4.78 is 11.1. The van der Waals surface area contributed by atoms with Crippen LogP contribution in [0.25, 0.3) is 11.1 Å². The number of amides is 1. The van der Waals surface area contributed by atoms with E-state index in [2.05, 4.69) is 36.4 Å². The van der Waals surface area contributed by atoms with Crippen LogP contribution in [0.4, 0.5) is 5.69 Å². The summed E-state index contributed by atoms with van der Waals surface area (Å²) in [6, 6.07) is 5.60. The normalized spacial score (nSPS) is 18.2. The van der Waals surface area contributed by atoms with Crippen LogP contribution in [-0.2, 0) is 14.9 Å². The lowest BCUT2D eigenvalue weighted by Gasteiger charge is -2.23. The zero-order valence-electron chi connectivity index (χ0n) is 14.2. The molecule has 2 heterocycles. The number of carbonyl (C=O) groups is 1. The molecule has 0 spiro atoms. The third-order valence-corrected chi connectivity index (χ3v) is 3.74. The minimum absolute atomic E-state index is 0. The molecule has 2 aromatic rings. The first-order chi connectivity index (χ1) is 10.9. The lowest BCUT2D eigenvalue weighted by molar-refractivity contribution is -0.117. The molecule has 1 fully saturated rings. The average molecular weight is 354 g/mol. The Kier molecular flexibility index (Phi) is 5.85. The van der Waals surface area contributed by atoms with Crippen molar-refractivity contribution in [1.82, 2.24) is 10.3 Å². The first-order valence-corrected chi connectivity index (χ1v) is 7.94. The molecule has 2 N–H and O–H groups in total. The molecule has 1 aliphatic rings. The van der Waals surface area contributed by atoms with E-state index in [0.29, 0.717) is 25.5 Å². The van der Waals surface area contributed by atoms with Gasteiger partial charge in [-0.1, -0.05) is 20.8 Å². The van der Waals surface area contributed by atoms with Gasteiger partial charge in [0.05, 0.1) is 13.2 Å². The van der Waals surface area contributed by atoms with Crippen LogP contribution in [0, 0.1) is 0 Å². The number of nitrogens with zero attached hydrogens (tertiary/aromatic N) is 1. The van der Waals surface area contributed by atoms with Crippen LogP contribution in [0.15, 0.2) is 22.6 Å². The SMILES string of the molecule is CC(C)(C)c1nc2cc(NC(=O)CC3COCCN3)ccc2o1.Cl. The molecule has 1 aliphatic heterocycles. The summed E-state index contributed by atoms with van der Waals surface area (Å²) in [4.78, 5) is 16.6. The lowest BCUT2D eigenvalue weighted by Crippen LogP contribution is -2.43. The molecule has 1 amide bonds. The monoisotopic (exact) mass is 353 g/mol. The predicted molar refractivity (Wildman–Crippen MR) is 95.8 cm³/mol. The minimum Gasteiger partial charge on any atom is -0.440 e. The van der Waals surface area contributed by atoms with Crippen LogP contribution in [0.5, 0.6) is 0 Å². The molecule has 6 nitrogen and oxygen atoms in total. The van der Waals surface area contributed by atoms with E-state index < -0.39 is 0 Å². The summed E-state index contributed by atoms with van der Waals surface area (Å²) >= 11 is 0. The number of hydrogen-bond donors (Lipinski definition) is 2. The maximum absolute atomic E-state index is 12.1. The van der Waals surface area contributed by atoms with Crippen LogP contribution in [0.1, 0.15) is 33.1 Å². The van der Waals surface area contributed by atoms with Crippen LogP contribution in [-0.4, -0.2) is 36.7 Å². The van der Waals surface area contributed by atoms with Crippen molar-refractivity contribution in [2.45, 2.75) is 38.6 Å². The van der Waals surface area contributed by atoms with E-state index >= 15 is 0 Å². The number of halogens is 1. The molecule has 0 aliphatic carbocycles. The minimum atomic E-state index is -0.144. The molecule has 0 radical (unpaired) electrons. The third-order valence-electron chi connectivity index (χ3n) is 3.74. The highest BCUT2D eigenvalue weighted by Gasteiger charge is 2.21. The zero-order valence-corrected chi connectivity index (χ0v) is 15.0. The molecule has 1 aromatic carbocycles. The number of morpholine rings is 1. The van der Waals surface area contributed by atoms with Crippen molar-refractivity contribution in [2.24, 2.45) is 0 Å². The van der Waals surface area contributed by atoms with Crippen molar-refractivity contribution in [1.29, 1.82) is 0 Å². The number of anilines is 1. The summed E-state index contributed by atoms with van der Waals surface area (Å²) in [6.07, 6.45) is 0.393. The van der Waals surface area contributed by atoms with E-state index in [-0.39, 0.29) is 29.8 Å². The van der Waals surface area contributed by atoms with E-state index in [1.807, 2.05) is 18.2 Å². The number of benzene rings is 1. The zero-order chi connectivity index (χ0) is 16.4. The van der Waals surface area contributed by atoms with Crippen molar-refractivity contribution in [3.05, 3.63) is 24.1 Å². The van der Waals surface area contributed by atoms with Gasteiger partial charge < -0.3 is 19.8 Å². The maximum atomic E-state index is 12.1. The Labute approximate surface area is 147 Å². The standard InChI is InChI=1S/C17H23N3O3.ClH/c1-17(2,3)16-20-13-8-11(4-5-14(13)23-16)19-15(21)9-12-10-22-7-6-18-12;/h4-5,8,12,18H,6-7,9-10H2,1-3H3,(H,19,21);1H. The van der Waals surface area contributed by atoms with Gasteiger partial charge in [0.2, 0.25) is 11.8 Å². The Hall–Kier alpha value is -1.63. The van der Waals surface area contributed by atoms with E-state index in [0.717, 1.165) is 23.3 Å². The number of aromatic nitrogens is 1.